The Balaban J connectivity index is 0. The van der Waals surface area contributed by atoms with Crippen molar-refractivity contribution >= 4 is 34.1 Å². The largest absolute Gasteiger partial charge is 0.0623 e. The van der Waals surface area contributed by atoms with Crippen molar-refractivity contribution in [3.8, 4) is 0 Å². The summed E-state index contributed by atoms with van der Waals surface area (Å²) in [5, 5.41) is 0. The third kappa shape index (κ3) is 9.57. The van der Waals surface area contributed by atoms with Gasteiger partial charge in [0.25, 0.3) is 0 Å². The van der Waals surface area contributed by atoms with Crippen molar-refractivity contribution in [3.05, 3.63) is 72.8 Å². The number of rotatable bonds is 0. The Kier molecular flexibility index (Phi) is 14.2. The summed E-state index contributed by atoms with van der Waals surface area (Å²) in [5.41, 5.74) is 0. The molecule has 0 aromatic heterocycles. The number of benzene rings is 2. The van der Waals surface area contributed by atoms with E-state index >= 15 is 0 Å². The normalized spacial score (nSPS) is 6.86. The molecule has 14 heavy (non-hydrogen) atoms. The van der Waals surface area contributed by atoms with Crippen molar-refractivity contribution in [2.75, 3.05) is 0 Å². The fourth-order valence-corrected chi connectivity index (χ4v) is 0.770. The van der Waals surface area contributed by atoms with Gasteiger partial charge in [0.1, 0.15) is 0 Å². The zero-order valence-electron chi connectivity index (χ0n) is 7.93. The average molecular weight is 318 g/mol. The van der Waals surface area contributed by atoms with E-state index in [1.165, 1.54) is 0 Å². The zero-order chi connectivity index (χ0) is 8.49. The van der Waals surface area contributed by atoms with Crippen LogP contribution in [0.5, 0.6) is 0 Å². The van der Waals surface area contributed by atoms with Gasteiger partial charge in [-0.1, -0.05) is 72.8 Å². The maximum atomic E-state index is 2.00. The Hall–Kier alpha value is -0.521. The van der Waals surface area contributed by atoms with Gasteiger partial charge in [0.05, 0.1) is 0 Å². The van der Waals surface area contributed by atoms with Crippen LogP contribution in [0.2, 0.25) is 0 Å². The van der Waals surface area contributed by atoms with Crippen molar-refractivity contribution in [2.45, 2.75) is 0 Å². The van der Waals surface area contributed by atoms with Crippen LogP contribution in [-0.2, 0) is 0 Å². The van der Waals surface area contributed by atoms with Gasteiger partial charge in [-0.3, -0.25) is 0 Å². The monoisotopic (exact) mass is 320 g/mol. The standard InChI is InChI=1S/2C6H6.2H2Se/c2*1-2-4-6-5-3-1;;/h2*1-6H;2*1H2. The Morgan fingerprint density at radius 1 is 0.214 bits per heavy atom. The summed E-state index contributed by atoms with van der Waals surface area (Å²) >= 11 is 0. The molecule has 0 atom stereocenters. The van der Waals surface area contributed by atoms with E-state index < -0.39 is 0 Å². The molecule has 2 aromatic rings. The van der Waals surface area contributed by atoms with Crippen LogP contribution in [0, 0.1) is 0 Å². The predicted molar refractivity (Wildman–Crippen MR) is 70.0 cm³/mol. The summed E-state index contributed by atoms with van der Waals surface area (Å²) in [4.78, 5) is 0. The predicted octanol–water partition coefficient (Wildman–Crippen LogP) is 1.54. The zero-order valence-corrected chi connectivity index (χ0v) is 12.1. The molecule has 0 radical (unpaired) electrons. The summed E-state index contributed by atoms with van der Waals surface area (Å²) < 4.78 is 0. The molecule has 76 valence electrons. The first-order chi connectivity index (χ1) is 6.00. The second-order valence-corrected chi connectivity index (χ2v) is 2.31. The molecule has 0 saturated carbocycles. The van der Waals surface area contributed by atoms with Gasteiger partial charge in [-0.2, -0.15) is 0 Å². The van der Waals surface area contributed by atoms with Crippen LogP contribution >= 0.6 is 0 Å². The smallest absolute Gasteiger partial charge is 0.0623 e. The van der Waals surface area contributed by atoms with Crippen LogP contribution in [0.3, 0.4) is 0 Å². The van der Waals surface area contributed by atoms with Crippen molar-refractivity contribution in [3.63, 3.8) is 0 Å². The first-order valence-corrected chi connectivity index (χ1v) is 4.00. The van der Waals surface area contributed by atoms with Crippen LogP contribution in [0.4, 0.5) is 0 Å². The van der Waals surface area contributed by atoms with Gasteiger partial charge in [0, 0.05) is 0 Å². The average Bonchev–Trinajstić information content (AvgIpc) is 2.24. The van der Waals surface area contributed by atoms with Gasteiger partial charge in [-0.05, 0) is 0 Å². The molecular weight excluding hydrogens is 302 g/mol. The van der Waals surface area contributed by atoms with Crippen molar-refractivity contribution in [1.29, 1.82) is 0 Å². The van der Waals surface area contributed by atoms with E-state index in [4.69, 9.17) is 0 Å². The Morgan fingerprint density at radius 3 is 0.357 bits per heavy atom. The Bertz CT molecular complexity index is 184. The van der Waals surface area contributed by atoms with E-state index in [1.807, 2.05) is 72.8 Å². The van der Waals surface area contributed by atoms with E-state index in [9.17, 15) is 0 Å². The van der Waals surface area contributed by atoms with E-state index in [-0.39, 0.29) is 34.1 Å². The Labute approximate surface area is 107 Å². The molecule has 0 aliphatic rings. The molecular formula is C12H16Se2. The summed E-state index contributed by atoms with van der Waals surface area (Å²) in [5.74, 6) is 0. The van der Waals surface area contributed by atoms with Gasteiger partial charge >= 0.3 is 34.1 Å². The molecule has 0 nitrogen and oxygen atoms in total. The van der Waals surface area contributed by atoms with Crippen molar-refractivity contribution in [2.24, 2.45) is 0 Å². The van der Waals surface area contributed by atoms with Crippen molar-refractivity contribution < 1.29 is 0 Å². The van der Waals surface area contributed by atoms with Crippen LogP contribution in [0.1, 0.15) is 0 Å². The van der Waals surface area contributed by atoms with Crippen LogP contribution in [0.25, 0.3) is 0 Å². The third-order valence-corrected chi connectivity index (χ3v) is 1.33. The maximum Gasteiger partial charge on any atom is -0.0623 e. The van der Waals surface area contributed by atoms with Gasteiger partial charge in [-0.25, -0.2) is 0 Å². The van der Waals surface area contributed by atoms with E-state index in [1.54, 1.807) is 0 Å². The molecule has 0 spiro atoms. The quantitative estimate of drug-likeness (QED) is 0.647. The molecule has 0 fully saturated rings. The van der Waals surface area contributed by atoms with Gasteiger partial charge < -0.3 is 0 Å². The summed E-state index contributed by atoms with van der Waals surface area (Å²) in [7, 11) is 0. The van der Waals surface area contributed by atoms with Crippen molar-refractivity contribution in [1.82, 2.24) is 0 Å². The fourth-order valence-electron chi connectivity index (χ4n) is 0.770. The van der Waals surface area contributed by atoms with E-state index in [0.29, 0.717) is 0 Å². The van der Waals surface area contributed by atoms with E-state index in [0.717, 1.165) is 0 Å². The second kappa shape index (κ2) is 12.5. The first-order valence-electron chi connectivity index (χ1n) is 4.00. The molecule has 0 amide bonds. The molecule has 0 N–H and O–H groups in total. The van der Waals surface area contributed by atoms with Gasteiger partial charge in [0.15, 0.2) is 0 Å². The topological polar surface area (TPSA) is 0 Å². The molecule has 2 aromatic carbocycles. The second-order valence-electron chi connectivity index (χ2n) is 2.31. The third-order valence-electron chi connectivity index (χ3n) is 1.33. The minimum absolute atomic E-state index is 0. The number of hydrogen-bond acceptors (Lipinski definition) is 0. The summed E-state index contributed by atoms with van der Waals surface area (Å²) in [6.07, 6.45) is 0. The molecule has 0 aliphatic carbocycles. The maximum absolute atomic E-state index is 2.00. The first kappa shape index (κ1) is 15.9. The Morgan fingerprint density at radius 2 is 0.286 bits per heavy atom. The molecule has 0 unspecified atom stereocenters. The molecule has 0 saturated heterocycles. The molecule has 0 aliphatic heterocycles. The molecule has 2 rings (SSSR count). The van der Waals surface area contributed by atoms with Crippen LogP contribution in [-0.4, -0.2) is 34.1 Å². The van der Waals surface area contributed by atoms with Gasteiger partial charge in [0.2, 0.25) is 0 Å². The molecule has 0 heterocycles. The summed E-state index contributed by atoms with van der Waals surface area (Å²) in [6, 6.07) is 24.0. The van der Waals surface area contributed by atoms with Gasteiger partial charge in [-0.15, -0.1) is 0 Å². The summed E-state index contributed by atoms with van der Waals surface area (Å²) in [6.45, 7) is 0. The SMILES string of the molecule is [SeH2].[SeH2].c1ccccc1.c1ccccc1. The van der Waals surface area contributed by atoms with E-state index in [2.05, 4.69) is 0 Å². The fraction of sp³-hybridized carbons (Fsp3) is 0. The minimum Gasteiger partial charge on any atom is -0.0623 e. The molecule has 2 heteroatoms. The molecule has 0 bridgehead atoms. The number of hydrogen-bond donors (Lipinski definition) is 0. The minimum atomic E-state index is 0. The van der Waals surface area contributed by atoms with Crippen LogP contribution < -0.4 is 0 Å². The van der Waals surface area contributed by atoms with Crippen LogP contribution in [0.15, 0.2) is 72.8 Å².